The molecule has 21 heavy (non-hydrogen) atoms. The Balaban J connectivity index is 1.88. The second-order valence-electron chi connectivity index (χ2n) is 5.65. The molecule has 3 rings (SSSR count). The molecule has 1 aliphatic rings. The van der Waals surface area contributed by atoms with Crippen LogP contribution >= 0.6 is 15.9 Å². The standard InChI is InChI=1S/C17H16BrF2N/c18-13-6-7-14(19)12(16(13)20)10-15(21)17(8-9-17)11-4-2-1-3-5-11/h1-7,15H,8-10,21H2. The maximum Gasteiger partial charge on any atom is 0.143 e. The van der Waals surface area contributed by atoms with Crippen molar-refractivity contribution in [3.8, 4) is 0 Å². The van der Waals surface area contributed by atoms with Gasteiger partial charge in [0.15, 0.2) is 0 Å². The highest BCUT2D eigenvalue weighted by Gasteiger charge is 2.49. The van der Waals surface area contributed by atoms with Gasteiger partial charge in [-0.2, -0.15) is 0 Å². The van der Waals surface area contributed by atoms with Crippen molar-refractivity contribution in [2.24, 2.45) is 5.73 Å². The van der Waals surface area contributed by atoms with Crippen molar-refractivity contribution in [1.82, 2.24) is 0 Å². The van der Waals surface area contributed by atoms with Gasteiger partial charge in [-0.1, -0.05) is 30.3 Å². The van der Waals surface area contributed by atoms with E-state index in [-0.39, 0.29) is 27.9 Å². The molecule has 2 N–H and O–H groups in total. The van der Waals surface area contributed by atoms with E-state index >= 15 is 0 Å². The maximum absolute atomic E-state index is 14.1. The molecule has 0 saturated heterocycles. The summed E-state index contributed by atoms with van der Waals surface area (Å²) in [6, 6.07) is 12.4. The minimum atomic E-state index is -0.547. The molecule has 0 radical (unpaired) electrons. The summed E-state index contributed by atoms with van der Waals surface area (Å²) in [5.74, 6) is -1.08. The molecule has 0 heterocycles. The van der Waals surface area contributed by atoms with Crippen molar-refractivity contribution in [2.75, 3.05) is 0 Å². The van der Waals surface area contributed by atoms with E-state index in [0.717, 1.165) is 18.4 Å². The van der Waals surface area contributed by atoms with Crippen molar-refractivity contribution >= 4 is 15.9 Å². The van der Waals surface area contributed by atoms with Gasteiger partial charge in [-0.05, 0) is 52.9 Å². The highest BCUT2D eigenvalue weighted by atomic mass is 79.9. The Morgan fingerprint density at radius 1 is 1.10 bits per heavy atom. The lowest BCUT2D eigenvalue weighted by Gasteiger charge is -2.24. The summed E-state index contributed by atoms with van der Waals surface area (Å²) >= 11 is 3.10. The van der Waals surface area contributed by atoms with Crippen LogP contribution in [0.3, 0.4) is 0 Å². The fraction of sp³-hybridized carbons (Fsp3) is 0.294. The molecule has 4 heteroatoms. The van der Waals surface area contributed by atoms with Crippen molar-refractivity contribution in [2.45, 2.75) is 30.7 Å². The molecule has 1 fully saturated rings. The molecule has 1 atom stereocenters. The van der Waals surface area contributed by atoms with Gasteiger partial charge in [-0.3, -0.25) is 0 Å². The van der Waals surface area contributed by atoms with E-state index in [2.05, 4.69) is 15.9 Å². The lowest BCUT2D eigenvalue weighted by molar-refractivity contribution is 0.478. The van der Waals surface area contributed by atoms with E-state index in [0.29, 0.717) is 0 Å². The van der Waals surface area contributed by atoms with Crippen LogP contribution in [0.4, 0.5) is 8.78 Å². The predicted octanol–water partition coefficient (Wildman–Crippen LogP) is 4.33. The SMILES string of the molecule is NC(Cc1c(F)ccc(Br)c1F)C1(c2ccccc2)CC1. The second kappa shape index (κ2) is 5.50. The molecule has 2 aromatic rings. The van der Waals surface area contributed by atoms with Gasteiger partial charge in [-0.25, -0.2) is 8.78 Å². The van der Waals surface area contributed by atoms with Gasteiger partial charge in [0, 0.05) is 17.0 Å². The van der Waals surface area contributed by atoms with E-state index in [4.69, 9.17) is 5.73 Å². The summed E-state index contributed by atoms with van der Waals surface area (Å²) in [6.45, 7) is 0. The fourth-order valence-electron chi connectivity index (χ4n) is 2.95. The molecule has 0 spiro atoms. The Kier molecular flexibility index (Phi) is 3.84. The summed E-state index contributed by atoms with van der Waals surface area (Å²) in [7, 11) is 0. The maximum atomic E-state index is 14.1. The van der Waals surface area contributed by atoms with Crippen molar-refractivity contribution in [3.63, 3.8) is 0 Å². The van der Waals surface area contributed by atoms with Crippen LogP contribution in [0.2, 0.25) is 0 Å². The van der Waals surface area contributed by atoms with Gasteiger partial charge >= 0.3 is 0 Å². The van der Waals surface area contributed by atoms with Gasteiger partial charge < -0.3 is 5.73 Å². The summed E-state index contributed by atoms with van der Waals surface area (Å²) in [5, 5.41) is 0. The minimum Gasteiger partial charge on any atom is -0.327 e. The highest BCUT2D eigenvalue weighted by molar-refractivity contribution is 9.10. The third kappa shape index (κ3) is 2.62. The van der Waals surface area contributed by atoms with Crippen molar-refractivity contribution in [1.29, 1.82) is 0 Å². The van der Waals surface area contributed by atoms with Crippen LogP contribution in [0.15, 0.2) is 46.9 Å². The van der Waals surface area contributed by atoms with E-state index in [1.807, 2.05) is 30.3 Å². The van der Waals surface area contributed by atoms with Crippen LogP contribution in [-0.2, 0) is 11.8 Å². The second-order valence-corrected chi connectivity index (χ2v) is 6.51. The lowest BCUT2D eigenvalue weighted by Crippen LogP contribution is -2.37. The Hall–Kier alpha value is -1.26. The lowest BCUT2D eigenvalue weighted by atomic mass is 9.85. The van der Waals surface area contributed by atoms with Gasteiger partial charge in [0.25, 0.3) is 0 Å². The van der Waals surface area contributed by atoms with E-state index in [1.165, 1.54) is 12.1 Å². The molecule has 1 nitrogen and oxygen atoms in total. The molecule has 1 saturated carbocycles. The fourth-order valence-corrected chi connectivity index (χ4v) is 3.32. The zero-order chi connectivity index (χ0) is 15.0. The number of nitrogens with two attached hydrogens (primary N) is 1. The van der Waals surface area contributed by atoms with Crippen LogP contribution in [0.25, 0.3) is 0 Å². The van der Waals surface area contributed by atoms with Crippen LogP contribution in [0, 0.1) is 11.6 Å². The first kappa shape index (κ1) is 14.7. The van der Waals surface area contributed by atoms with Crippen LogP contribution in [0.1, 0.15) is 24.0 Å². The summed E-state index contributed by atoms with van der Waals surface area (Å²) in [4.78, 5) is 0. The highest BCUT2D eigenvalue weighted by Crippen LogP contribution is 2.51. The topological polar surface area (TPSA) is 26.0 Å². The number of hydrogen-bond donors (Lipinski definition) is 1. The smallest absolute Gasteiger partial charge is 0.143 e. The first-order chi connectivity index (χ1) is 10.0. The Morgan fingerprint density at radius 2 is 1.76 bits per heavy atom. The molecule has 0 aromatic heterocycles. The van der Waals surface area contributed by atoms with E-state index in [9.17, 15) is 8.78 Å². The molecule has 110 valence electrons. The van der Waals surface area contributed by atoms with Gasteiger partial charge in [0.05, 0.1) is 4.47 Å². The Labute approximate surface area is 131 Å². The average Bonchev–Trinajstić information content (AvgIpc) is 3.30. The van der Waals surface area contributed by atoms with Gasteiger partial charge in [-0.15, -0.1) is 0 Å². The summed E-state index contributed by atoms with van der Waals surface area (Å²) in [5.41, 5.74) is 7.41. The van der Waals surface area contributed by atoms with Crippen molar-refractivity contribution < 1.29 is 8.78 Å². The molecule has 0 bridgehead atoms. The van der Waals surface area contributed by atoms with Crippen LogP contribution in [-0.4, -0.2) is 6.04 Å². The predicted molar refractivity (Wildman–Crippen MR) is 83.1 cm³/mol. The quantitative estimate of drug-likeness (QED) is 0.815. The number of halogens is 3. The van der Waals surface area contributed by atoms with Crippen LogP contribution < -0.4 is 5.73 Å². The van der Waals surface area contributed by atoms with Crippen LogP contribution in [0.5, 0.6) is 0 Å². The molecular formula is C17H16BrF2N. The van der Waals surface area contributed by atoms with Crippen molar-refractivity contribution in [3.05, 3.63) is 69.7 Å². The Bertz CT molecular complexity index is 653. The first-order valence-electron chi connectivity index (χ1n) is 6.98. The molecule has 0 aliphatic heterocycles. The zero-order valence-electron chi connectivity index (χ0n) is 11.5. The largest absolute Gasteiger partial charge is 0.327 e. The number of hydrogen-bond acceptors (Lipinski definition) is 1. The zero-order valence-corrected chi connectivity index (χ0v) is 13.0. The number of rotatable bonds is 4. The first-order valence-corrected chi connectivity index (χ1v) is 7.77. The molecule has 1 aliphatic carbocycles. The normalized spacial score (nSPS) is 17.5. The molecule has 0 amide bonds. The molecular weight excluding hydrogens is 336 g/mol. The summed E-state index contributed by atoms with van der Waals surface area (Å²) < 4.78 is 28.3. The van der Waals surface area contributed by atoms with Gasteiger partial charge in [0.1, 0.15) is 11.6 Å². The van der Waals surface area contributed by atoms with Gasteiger partial charge in [0.2, 0.25) is 0 Å². The third-order valence-electron chi connectivity index (χ3n) is 4.41. The third-order valence-corrected chi connectivity index (χ3v) is 5.02. The number of benzene rings is 2. The van der Waals surface area contributed by atoms with E-state index in [1.54, 1.807) is 0 Å². The Morgan fingerprint density at radius 3 is 2.38 bits per heavy atom. The molecule has 2 aromatic carbocycles. The van der Waals surface area contributed by atoms with E-state index < -0.39 is 11.6 Å². The molecule has 1 unspecified atom stereocenters. The minimum absolute atomic E-state index is 0.0686. The summed E-state index contributed by atoms with van der Waals surface area (Å²) in [6.07, 6.45) is 2.14. The average molecular weight is 352 g/mol. The monoisotopic (exact) mass is 351 g/mol.